The lowest BCUT2D eigenvalue weighted by Crippen LogP contribution is -2.32. The Kier molecular flexibility index (Phi) is 3.97. The van der Waals surface area contributed by atoms with E-state index in [1.54, 1.807) is 26.0 Å². The van der Waals surface area contributed by atoms with Crippen molar-refractivity contribution in [2.24, 2.45) is 0 Å². The number of rotatable bonds is 3. The van der Waals surface area contributed by atoms with Crippen LogP contribution in [-0.4, -0.2) is 32.3 Å². The SMILES string of the molecule is CNOC(C#N)N(C)C. The summed E-state index contributed by atoms with van der Waals surface area (Å²) >= 11 is 0. The number of nitrogens with one attached hydrogen (secondary N) is 1. The van der Waals surface area contributed by atoms with E-state index in [2.05, 4.69) is 5.48 Å². The zero-order chi connectivity index (χ0) is 7.28. The number of nitriles is 1. The lowest BCUT2D eigenvalue weighted by molar-refractivity contribution is -0.0501. The third kappa shape index (κ3) is 3.03. The van der Waals surface area contributed by atoms with E-state index in [1.807, 2.05) is 6.07 Å². The number of hydrogen-bond donors (Lipinski definition) is 1. The molecule has 1 unspecified atom stereocenters. The first-order chi connectivity index (χ1) is 4.22. The van der Waals surface area contributed by atoms with Crippen LogP contribution in [0.3, 0.4) is 0 Å². The lowest BCUT2D eigenvalue weighted by Gasteiger charge is -2.15. The van der Waals surface area contributed by atoms with Crippen molar-refractivity contribution < 1.29 is 4.84 Å². The summed E-state index contributed by atoms with van der Waals surface area (Å²) in [5.74, 6) is 0. The van der Waals surface area contributed by atoms with Crippen LogP contribution < -0.4 is 5.48 Å². The number of nitrogens with zero attached hydrogens (tertiary/aromatic N) is 2. The van der Waals surface area contributed by atoms with Gasteiger partial charge in [-0.05, 0) is 14.1 Å². The van der Waals surface area contributed by atoms with Crippen LogP contribution in [0.25, 0.3) is 0 Å². The Morgan fingerprint density at radius 1 is 1.67 bits per heavy atom. The van der Waals surface area contributed by atoms with E-state index in [0.717, 1.165) is 0 Å². The fraction of sp³-hybridized carbons (Fsp3) is 0.800. The Balaban J connectivity index is 3.58. The number of hydrogen-bond acceptors (Lipinski definition) is 4. The average molecular weight is 129 g/mol. The Morgan fingerprint density at radius 3 is 2.33 bits per heavy atom. The van der Waals surface area contributed by atoms with Crippen molar-refractivity contribution in [1.29, 1.82) is 5.26 Å². The molecule has 0 aromatic heterocycles. The van der Waals surface area contributed by atoms with E-state index in [0.29, 0.717) is 0 Å². The van der Waals surface area contributed by atoms with E-state index in [1.165, 1.54) is 0 Å². The molecule has 0 saturated heterocycles. The maximum absolute atomic E-state index is 8.37. The highest BCUT2D eigenvalue weighted by Crippen LogP contribution is 1.88. The third-order valence-corrected chi connectivity index (χ3v) is 0.809. The van der Waals surface area contributed by atoms with Crippen LogP contribution in [0.1, 0.15) is 0 Å². The second kappa shape index (κ2) is 4.27. The molecule has 0 aliphatic heterocycles. The molecule has 4 heteroatoms. The minimum atomic E-state index is -0.505. The van der Waals surface area contributed by atoms with Crippen LogP contribution in [0.4, 0.5) is 0 Å². The summed E-state index contributed by atoms with van der Waals surface area (Å²) in [5.41, 5.74) is 2.44. The van der Waals surface area contributed by atoms with Crippen molar-refractivity contribution >= 4 is 0 Å². The Labute approximate surface area is 55.0 Å². The van der Waals surface area contributed by atoms with Crippen LogP contribution in [0, 0.1) is 11.3 Å². The smallest absolute Gasteiger partial charge is 0.218 e. The van der Waals surface area contributed by atoms with Gasteiger partial charge in [-0.15, -0.1) is 0 Å². The predicted molar refractivity (Wildman–Crippen MR) is 33.2 cm³/mol. The van der Waals surface area contributed by atoms with Crippen molar-refractivity contribution in [2.45, 2.75) is 6.23 Å². The van der Waals surface area contributed by atoms with Crippen LogP contribution >= 0.6 is 0 Å². The molecule has 0 saturated carbocycles. The average Bonchev–Trinajstić information content (AvgIpc) is 1.82. The molecule has 9 heavy (non-hydrogen) atoms. The highest BCUT2D eigenvalue weighted by Gasteiger charge is 2.07. The van der Waals surface area contributed by atoms with Crippen LogP contribution in [-0.2, 0) is 4.84 Å². The summed E-state index contributed by atoms with van der Waals surface area (Å²) in [4.78, 5) is 6.43. The van der Waals surface area contributed by atoms with Crippen molar-refractivity contribution in [3.05, 3.63) is 0 Å². The van der Waals surface area contributed by atoms with E-state index in [4.69, 9.17) is 10.1 Å². The lowest BCUT2D eigenvalue weighted by atomic mass is 10.6. The van der Waals surface area contributed by atoms with Gasteiger partial charge in [-0.1, -0.05) is 0 Å². The first kappa shape index (κ1) is 8.37. The highest BCUT2D eigenvalue weighted by atomic mass is 16.7. The molecule has 0 aliphatic rings. The zero-order valence-electron chi connectivity index (χ0n) is 5.88. The van der Waals surface area contributed by atoms with Gasteiger partial charge in [-0.3, -0.25) is 9.74 Å². The van der Waals surface area contributed by atoms with Crippen molar-refractivity contribution in [3.8, 4) is 6.07 Å². The molecular weight excluding hydrogens is 118 g/mol. The normalized spacial score (nSPS) is 13.2. The Bertz CT molecular complexity index is 107. The molecule has 52 valence electrons. The minimum absolute atomic E-state index is 0.505. The predicted octanol–water partition coefficient (Wildman–Crippen LogP) is -0.451. The van der Waals surface area contributed by atoms with Crippen molar-refractivity contribution in [1.82, 2.24) is 10.4 Å². The Morgan fingerprint density at radius 2 is 2.22 bits per heavy atom. The largest absolute Gasteiger partial charge is 0.271 e. The van der Waals surface area contributed by atoms with Gasteiger partial charge in [0.05, 0.1) is 0 Å². The highest BCUT2D eigenvalue weighted by molar-refractivity contribution is 4.80. The number of hydroxylamine groups is 1. The molecular formula is C5H11N3O. The molecule has 1 N–H and O–H groups in total. The summed E-state index contributed by atoms with van der Waals surface area (Å²) in [6.07, 6.45) is -0.505. The van der Waals surface area contributed by atoms with Gasteiger partial charge >= 0.3 is 0 Å². The first-order valence-electron chi connectivity index (χ1n) is 2.60. The third-order valence-electron chi connectivity index (χ3n) is 0.809. The van der Waals surface area contributed by atoms with E-state index < -0.39 is 6.23 Å². The molecule has 0 spiro atoms. The summed E-state index contributed by atoms with van der Waals surface area (Å²) < 4.78 is 0. The second-order valence-electron chi connectivity index (χ2n) is 1.77. The monoisotopic (exact) mass is 129 g/mol. The molecule has 1 atom stereocenters. The maximum atomic E-state index is 8.37. The first-order valence-corrected chi connectivity index (χ1v) is 2.60. The molecule has 0 radical (unpaired) electrons. The summed E-state index contributed by atoms with van der Waals surface area (Å²) in [5, 5.41) is 8.37. The van der Waals surface area contributed by atoms with Gasteiger partial charge in [0.25, 0.3) is 0 Å². The Hall–Kier alpha value is -0.630. The molecule has 0 aromatic carbocycles. The van der Waals surface area contributed by atoms with Gasteiger partial charge in [0.1, 0.15) is 6.07 Å². The summed E-state index contributed by atoms with van der Waals surface area (Å²) in [7, 11) is 5.16. The fourth-order valence-electron chi connectivity index (χ4n) is 0.359. The zero-order valence-corrected chi connectivity index (χ0v) is 5.88. The molecule has 0 rings (SSSR count). The van der Waals surface area contributed by atoms with Gasteiger partial charge in [0.2, 0.25) is 6.23 Å². The molecule has 0 amide bonds. The molecule has 4 nitrogen and oxygen atoms in total. The molecule has 0 fully saturated rings. The van der Waals surface area contributed by atoms with E-state index in [9.17, 15) is 0 Å². The van der Waals surface area contributed by atoms with Crippen LogP contribution in [0.2, 0.25) is 0 Å². The topological polar surface area (TPSA) is 48.3 Å². The van der Waals surface area contributed by atoms with Gasteiger partial charge in [-0.25, -0.2) is 5.48 Å². The van der Waals surface area contributed by atoms with Crippen LogP contribution in [0.15, 0.2) is 0 Å². The summed E-state index contributed by atoms with van der Waals surface area (Å²) in [6.45, 7) is 0. The quantitative estimate of drug-likeness (QED) is 0.414. The van der Waals surface area contributed by atoms with Gasteiger partial charge in [-0.2, -0.15) is 5.26 Å². The maximum Gasteiger partial charge on any atom is 0.218 e. The molecule has 0 bridgehead atoms. The minimum Gasteiger partial charge on any atom is -0.271 e. The van der Waals surface area contributed by atoms with Crippen molar-refractivity contribution in [2.75, 3.05) is 21.1 Å². The molecule has 0 heterocycles. The van der Waals surface area contributed by atoms with Gasteiger partial charge in [0.15, 0.2) is 0 Å². The van der Waals surface area contributed by atoms with Crippen molar-refractivity contribution in [3.63, 3.8) is 0 Å². The summed E-state index contributed by atoms with van der Waals surface area (Å²) in [6, 6.07) is 1.94. The fourth-order valence-corrected chi connectivity index (χ4v) is 0.359. The standard InChI is InChI=1S/C5H11N3O/c1-7-9-5(4-6)8(2)3/h5,7H,1-3H3. The second-order valence-corrected chi connectivity index (χ2v) is 1.77. The van der Waals surface area contributed by atoms with Crippen LogP contribution in [0.5, 0.6) is 0 Å². The molecule has 0 aliphatic carbocycles. The van der Waals surface area contributed by atoms with Gasteiger partial charge < -0.3 is 0 Å². The van der Waals surface area contributed by atoms with Gasteiger partial charge in [0, 0.05) is 7.05 Å². The van der Waals surface area contributed by atoms with E-state index >= 15 is 0 Å². The molecule has 0 aromatic rings. The van der Waals surface area contributed by atoms with E-state index in [-0.39, 0.29) is 0 Å².